The molecule has 1 aliphatic carbocycles. The SMILES string of the molecule is COC1CCC(Cl)C1. The van der Waals surface area contributed by atoms with E-state index in [9.17, 15) is 0 Å². The second-order valence-corrected chi connectivity index (χ2v) is 2.89. The lowest BCUT2D eigenvalue weighted by atomic mass is 10.3. The van der Waals surface area contributed by atoms with Crippen LogP contribution in [-0.4, -0.2) is 18.6 Å². The number of hydrogen-bond donors (Lipinski definition) is 0. The Labute approximate surface area is 55.0 Å². The number of hydrogen-bond acceptors (Lipinski definition) is 1. The zero-order valence-corrected chi connectivity index (χ0v) is 5.82. The summed E-state index contributed by atoms with van der Waals surface area (Å²) in [4.78, 5) is 0. The second-order valence-electron chi connectivity index (χ2n) is 2.27. The van der Waals surface area contributed by atoms with Gasteiger partial charge in [-0.3, -0.25) is 0 Å². The third-order valence-electron chi connectivity index (χ3n) is 1.65. The molecule has 2 atom stereocenters. The Bertz CT molecular complexity index is 74.9. The van der Waals surface area contributed by atoms with Crippen LogP contribution in [-0.2, 0) is 4.74 Å². The van der Waals surface area contributed by atoms with Crippen molar-refractivity contribution in [1.29, 1.82) is 0 Å². The van der Waals surface area contributed by atoms with Gasteiger partial charge in [0.25, 0.3) is 0 Å². The number of halogens is 1. The fourth-order valence-electron chi connectivity index (χ4n) is 1.10. The van der Waals surface area contributed by atoms with Gasteiger partial charge in [0.2, 0.25) is 0 Å². The molecule has 2 unspecified atom stereocenters. The summed E-state index contributed by atoms with van der Waals surface area (Å²) >= 11 is 5.81. The van der Waals surface area contributed by atoms with E-state index in [1.165, 1.54) is 0 Å². The van der Waals surface area contributed by atoms with Gasteiger partial charge in [-0.15, -0.1) is 11.6 Å². The third-order valence-corrected chi connectivity index (χ3v) is 2.05. The lowest BCUT2D eigenvalue weighted by Gasteiger charge is -2.03. The minimum absolute atomic E-state index is 0.375. The Morgan fingerprint density at radius 3 is 2.50 bits per heavy atom. The van der Waals surface area contributed by atoms with E-state index in [1.54, 1.807) is 7.11 Å². The monoisotopic (exact) mass is 134 g/mol. The van der Waals surface area contributed by atoms with Crippen LogP contribution in [0.25, 0.3) is 0 Å². The van der Waals surface area contributed by atoms with Crippen LogP contribution in [0.1, 0.15) is 19.3 Å². The smallest absolute Gasteiger partial charge is 0.0586 e. The Morgan fingerprint density at radius 1 is 1.50 bits per heavy atom. The van der Waals surface area contributed by atoms with Crippen molar-refractivity contribution in [2.24, 2.45) is 0 Å². The van der Waals surface area contributed by atoms with Crippen LogP contribution >= 0.6 is 11.6 Å². The van der Waals surface area contributed by atoms with Gasteiger partial charge >= 0.3 is 0 Å². The van der Waals surface area contributed by atoms with E-state index >= 15 is 0 Å². The number of ether oxygens (including phenoxy) is 1. The normalized spacial score (nSPS) is 38.2. The lowest BCUT2D eigenvalue weighted by Crippen LogP contribution is -2.03. The van der Waals surface area contributed by atoms with E-state index in [4.69, 9.17) is 16.3 Å². The Morgan fingerprint density at radius 2 is 2.25 bits per heavy atom. The molecule has 0 bridgehead atoms. The van der Waals surface area contributed by atoms with Crippen LogP contribution in [0.15, 0.2) is 0 Å². The van der Waals surface area contributed by atoms with E-state index < -0.39 is 0 Å². The van der Waals surface area contributed by atoms with E-state index in [-0.39, 0.29) is 0 Å². The molecule has 0 spiro atoms. The molecule has 0 aromatic heterocycles. The van der Waals surface area contributed by atoms with Crippen LogP contribution in [0, 0.1) is 0 Å². The summed E-state index contributed by atoms with van der Waals surface area (Å²) in [6.07, 6.45) is 3.75. The minimum Gasteiger partial charge on any atom is -0.381 e. The highest BCUT2D eigenvalue weighted by molar-refractivity contribution is 6.20. The van der Waals surface area contributed by atoms with E-state index in [1.807, 2.05) is 0 Å². The molecule has 0 radical (unpaired) electrons. The van der Waals surface area contributed by atoms with E-state index in [0.717, 1.165) is 19.3 Å². The fourth-order valence-corrected chi connectivity index (χ4v) is 1.43. The number of rotatable bonds is 1. The van der Waals surface area contributed by atoms with Gasteiger partial charge in [0.05, 0.1) is 6.10 Å². The van der Waals surface area contributed by atoms with Gasteiger partial charge in [0.15, 0.2) is 0 Å². The molecule has 1 fully saturated rings. The molecule has 1 aliphatic rings. The van der Waals surface area contributed by atoms with Crippen molar-refractivity contribution in [2.45, 2.75) is 30.7 Å². The standard InChI is InChI=1S/C6H11ClO/c1-8-6-3-2-5(7)4-6/h5-6H,2-4H2,1H3. The average Bonchev–Trinajstić information content (AvgIpc) is 2.14. The molecule has 0 aromatic rings. The molecule has 0 aliphatic heterocycles. The molecule has 48 valence electrons. The Hall–Kier alpha value is 0.250. The largest absolute Gasteiger partial charge is 0.381 e. The highest BCUT2D eigenvalue weighted by Gasteiger charge is 2.21. The van der Waals surface area contributed by atoms with Crippen LogP contribution < -0.4 is 0 Å². The summed E-state index contributed by atoms with van der Waals surface area (Å²) in [6, 6.07) is 0. The maximum atomic E-state index is 5.81. The Balaban J connectivity index is 2.22. The molecular formula is C6H11ClO. The summed E-state index contributed by atoms with van der Waals surface area (Å²) in [7, 11) is 1.75. The maximum Gasteiger partial charge on any atom is 0.0586 e. The molecule has 0 aromatic carbocycles. The van der Waals surface area contributed by atoms with Crippen molar-refractivity contribution in [1.82, 2.24) is 0 Å². The van der Waals surface area contributed by atoms with Gasteiger partial charge in [-0.2, -0.15) is 0 Å². The summed E-state index contributed by atoms with van der Waals surface area (Å²) in [6.45, 7) is 0. The first kappa shape index (κ1) is 6.37. The molecule has 0 heterocycles. The molecule has 0 saturated heterocycles. The maximum absolute atomic E-state index is 5.81. The van der Waals surface area contributed by atoms with E-state index in [0.29, 0.717) is 11.5 Å². The van der Waals surface area contributed by atoms with E-state index in [2.05, 4.69) is 0 Å². The van der Waals surface area contributed by atoms with Crippen molar-refractivity contribution < 1.29 is 4.74 Å². The quantitative estimate of drug-likeness (QED) is 0.497. The number of alkyl halides is 1. The van der Waals surface area contributed by atoms with Gasteiger partial charge in [0.1, 0.15) is 0 Å². The number of methoxy groups -OCH3 is 1. The topological polar surface area (TPSA) is 9.23 Å². The molecule has 1 nitrogen and oxygen atoms in total. The molecule has 2 heteroatoms. The molecule has 0 amide bonds. The van der Waals surface area contributed by atoms with Gasteiger partial charge < -0.3 is 4.74 Å². The van der Waals surface area contributed by atoms with Gasteiger partial charge in [-0.05, 0) is 19.3 Å². The van der Waals surface area contributed by atoms with Crippen LogP contribution in [0.4, 0.5) is 0 Å². The molecule has 1 rings (SSSR count). The van der Waals surface area contributed by atoms with Crippen molar-refractivity contribution in [3.05, 3.63) is 0 Å². The molecular weight excluding hydrogens is 124 g/mol. The van der Waals surface area contributed by atoms with Crippen molar-refractivity contribution >= 4 is 11.6 Å². The zero-order valence-electron chi connectivity index (χ0n) is 5.06. The first-order chi connectivity index (χ1) is 3.83. The first-order valence-electron chi connectivity index (χ1n) is 3.00. The summed E-state index contributed by atoms with van der Waals surface area (Å²) in [5.41, 5.74) is 0. The van der Waals surface area contributed by atoms with Gasteiger partial charge in [-0.1, -0.05) is 0 Å². The van der Waals surface area contributed by atoms with Gasteiger partial charge in [0, 0.05) is 12.5 Å². The van der Waals surface area contributed by atoms with Crippen molar-refractivity contribution in [3.63, 3.8) is 0 Å². The highest BCUT2D eigenvalue weighted by atomic mass is 35.5. The predicted molar refractivity (Wildman–Crippen MR) is 34.3 cm³/mol. The Kier molecular flexibility index (Phi) is 2.15. The molecule has 8 heavy (non-hydrogen) atoms. The fraction of sp³-hybridized carbons (Fsp3) is 1.00. The average molecular weight is 135 g/mol. The van der Waals surface area contributed by atoms with Gasteiger partial charge in [-0.25, -0.2) is 0 Å². The van der Waals surface area contributed by atoms with Crippen LogP contribution in [0.2, 0.25) is 0 Å². The zero-order chi connectivity index (χ0) is 5.98. The highest BCUT2D eigenvalue weighted by Crippen LogP contribution is 2.25. The van der Waals surface area contributed by atoms with Crippen molar-refractivity contribution in [2.75, 3.05) is 7.11 Å². The lowest BCUT2D eigenvalue weighted by molar-refractivity contribution is 0.109. The third kappa shape index (κ3) is 1.36. The molecule has 0 N–H and O–H groups in total. The second kappa shape index (κ2) is 2.70. The minimum atomic E-state index is 0.375. The summed E-state index contributed by atoms with van der Waals surface area (Å²) in [5.74, 6) is 0. The first-order valence-corrected chi connectivity index (χ1v) is 3.43. The van der Waals surface area contributed by atoms with Crippen LogP contribution in [0.5, 0.6) is 0 Å². The van der Waals surface area contributed by atoms with Crippen molar-refractivity contribution in [3.8, 4) is 0 Å². The molecule has 1 saturated carbocycles. The predicted octanol–water partition coefficient (Wildman–Crippen LogP) is 1.79. The summed E-state index contributed by atoms with van der Waals surface area (Å²) < 4.78 is 5.10. The summed E-state index contributed by atoms with van der Waals surface area (Å²) in [5, 5.41) is 0.375. The van der Waals surface area contributed by atoms with Crippen LogP contribution in [0.3, 0.4) is 0 Å².